The second kappa shape index (κ2) is 7.27. The van der Waals surface area contributed by atoms with Gasteiger partial charge in [-0.3, -0.25) is 9.59 Å². The van der Waals surface area contributed by atoms with Crippen molar-refractivity contribution in [2.24, 2.45) is 5.41 Å². The van der Waals surface area contributed by atoms with Gasteiger partial charge in [-0.1, -0.05) is 0 Å². The second-order valence-corrected chi connectivity index (χ2v) is 4.96. The van der Waals surface area contributed by atoms with E-state index in [4.69, 9.17) is 9.84 Å². The molecular formula is C12H23NO4. The number of hydrogen-bond acceptors (Lipinski definition) is 3. The summed E-state index contributed by atoms with van der Waals surface area (Å²) in [6, 6.07) is 0. The van der Waals surface area contributed by atoms with E-state index in [0.29, 0.717) is 26.0 Å². The van der Waals surface area contributed by atoms with Crippen molar-refractivity contribution in [2.75, 3.05) is 13.2 Å². The Bertz CT molecular complexity index is 261. The summed E-state index contributed by atoms with van der Waals surface area (Å²) in [6.07, 6.45) is 0.846. The minimum absolute atomic E-state index is 0.105. The number of ether oxygens (including phenoxy) is 1. The summed E-state index contributed by atoms with van der Waals surface area (Å²) in [4.78, 5) is 22.2. The molecule has 0 bridgehead atoms. The average Bonchev–Trinajstić information content (AvgIpc) is 2.16. The summed E-state index contributed by atoms with van der Waals surface area (Å²) in [6.45, 7) is 7.87. The molecule has 0 heterocycles. The molecule has 5 nitrogen and oxygen atoms in total. The highest BCUT2D eigenvalue weighted by molar-refractivity contribution is 5.76. The molecule has 0 saturated carbocycles. The lowest BCUT2D eigenvalue weighted by atomic mass is 9.90. The first-order valence-corrected chi connectivity index (χ1v) is 5.87. The van der Waals surface area contributed by atoms with Crippen molar-refractivity contribution >= 4 is 11.9 Å². The van der Waals surface area contributed by atoms with E-state index in [9.17, 15) is 9.59 Å². The van der Waals surface area contributed by atoms with E-state index < -0.39 is 11.4 Å². The molecule has 0 aliphatic carbocycles. The molecular weight excluding hydrogens is 222 g/mol. The number of carbonyl (C=O) groups excluding carboxylic acids is 1. The quantitative estimate of drug-likeness (QED) is 0.678. The van der Waals surface area contributed by atoms with E-state index in [2.05, 4.69) is 5.32 Å². The maximum atomic E-state index is 11.3. The number of hydrogen-bond donors (Lipinski definition) is 2. The minimum atomic E-state index is -0.852. The van der Waals surface area contributed by atoms with Crippen LogP contribution in [0.1, 0.15) is 40.5 Å². The van der Waals surface area contributed by atoms with Crippen LogP contribution in [-0.2, 0) is 14.3 Å². The van der Waals surface area contributed by atoms with Gasteiger partial charge in [0, 0.05) is 13.0 Å². The van der Waals surface area contributed by atoms with Crippen LogP contribution in [0, 0.1) is 5.41 Å². The maximum Gasteiger partial charge on any atom is 0.309 e. The molecule has 0 fully saturated rings. The van der Waals surface area contributed by atoms with Crippen LogP contribution in [0.3, 0.4) is 0 Å². The number of carboxylic acids is 1. The first-order chi connectivity index (χ1) is 7.75. The number of amides is 1. The van der Waals surface area contributed by atoms with Gasteiger partial charge in [-0.25, -0.2) is 0 Å². The normalized spacial score (nSPS) is 11.6. The fraction of sp³-hybridized carbons (Fsp3) is 0.833. The predicted molar refractivity (Wildman–Crippen MR) is 64.7 cm³/mol. The summed E-state index contributed by atoms with van der Waals surface area (Å²) in [5, 5.41) is 11.6. The zero-order valence-corrected chi connectivity index (χ0v) is 11.1. The fourth-order valence-corrected chi connectivity index (χ4v) is 1.10. The lowest BCUT2D eigenvalue weighted by Crippen LogP contribution is -2.32. The first kappa shape index (κ1) is 15.9. The Labute approximate surface area is 103 Å². The molecule has 0 aromatic heterocycles. The fourth-order valence-electron chi connectivity index (χ4n) is 1.10. The number of carboxylic acid groups (broad SMARTS) is 1. The van der Waals surface area contributed by atoms with Crippen LogP contribution in [0.4, 0.5) is 0 Å². The first-order valence-electron chi connectivity index (χ1n) is 5.87. The van der Waals surface area contributed by atoms with Crippen molar-refractivity contribution in [3.63, 3.8) is 0 Å². The zero-order chi connectivity index (χ0) is 13.5. The summed E-state index contributed by atoms with van der Waals surface area (Å²) in [7, 11) is 0. The molecule has 100 valence electrons. The summed E-state index contributed by atoms with van der Waals surface area (Å²) in [5.41, 5.74) is -0.804. The molecule has 0 aliphatic heterocycles. The molecule has 5 heteroatoms. The van der Waals surface area contributed by atoms with E-state index in [0.717, 1.165) is 0 Å². The van der Waals surface area contributed by atoms with Crippen LogP contribution in [0.2, 0.25) is 0 Å². The van der Waals surface area contributed by atoms with E-state index in [1.165, 1.54) is 0 Å². The van der Waals surface area contributed by atoms with E-state index in [1.54, 1.807) is 13.8 Å². The highest BCUT2D eigenvalue weighted by Gasteiger charge is 2.26. The standard InChI is InChI=1S/C12H23NO4/c1-9(2)17-8-5-10(14)13-7-6-12(3,4)11(15)16/h9H,5-8H2,1-4H3,(H,13,14)(H,15,16). The Morgan fingerprint density at radius 1 is 1.35 bits per heavy atom. The van der Waals surface area contributed by atoms with E-state index in [-0.39, 0.29) is 12.0 Å². The number of rotatable bonds is 8. The van der Waals surface area contributed by atoms with Gasteiger partial charge in [0.2, 0.25) is 5.91 Å². The van der Waals surface area contributed by atoms with Gasteiger partial charge >= 0.3 is 5.97 Å². The summed E-state index contributed by atoms with van der Waals surface area (Å²) in [5.74, 6) is -0.957. The Morgan fingerprint density at radius 2 is 1.94 bits per heavy atom. The molecule has 0 unspecified atom stereocenters. The van der Waals surface area contributed by atoms with E-state index in [1.807, 2.05) is 13.8 Å². The minimum Gasteiger partial charge on any atom is -0.481 e. The summed E-state index contributed by atoms with van der Waals surface area (Å²) < 4.78 is 5.24. The highest BCUT2D eigenvalue weighted by atomic mass is 16.5. The van der Waals surface area contributed by atoms with Crippen LogP contribution in [0.5, 0.6) is 0 Å². The molecule has 2 N–H and O–H groups in total. The summed E-state index contributed by atoms with van der Waals surface area (Å²) >= 11 is 0. The van der Waals surface area contributed by atoms with Crippen LogP contribution >= 0.6 is 0 Å². The largest absolute Gasteiger partial charge is 0.481 e. The highest BCUT2D eigenvalue weighted by Crippen LogP contribution is 2.19. The van der Waals surface area contributed by atoms with Gasteiger partial charge < -0.3 is 15.2 Å². The van der Waals surface area contributed by atoms with Gasteiger partial charge in [0.1, 0.15) is 0 Å². The van der Waals surface area contributed by atoms with Crippen molar-refractivity contribution in [3.8, 4) is 0 Å². The predicted octanol–water partition coefficient (Wildman–Crippen LogP) is 1.42. The molecule has 1 amide bonds. The number of aliphatic carboxylic acids is 1. The third-order valence-electron chi connectivity index (χ3n) is 2.43. The van der Waals surface area contributed by atoms with Gasteiger partial charge in [0.15, 0.2) is 0 Å². The van der Waals surface area contributed by atoms with Gasteiger partial charge in [-0.05, 0) is 34.1 Å². The Hall–Kier alpha value is -1.10. The van der Waals surface area contributed by atoms with Crippen molar-refractivity contribution < 1.29 is 19.4 Å². The maximum absolute atomic E-state index is 11.3. The van der Waals surface area contributed by atoms with Crippen LogP contribution < -0.4 is 5.32 Å². The monoisotopic (exact) mass is 245 g/mol. The Balaban J connectivity index is 3.68. The van der Waals surface area contributed by atoms with Gasteiger partial charge in [0.05, 0.1) is 18.1 Å². The smallest absolute Gasteiger partial charge is 0.309 e. The lowest BCUT2D eigenvalue weighted by Gasteiger charge is -2.18. The van der Waals surface area contributed by atoms with Crippen molar-refractivity contribution in [3.05, 3.63) is 0 Å². The van der Waals surface area contributed by atoms with Crippen LogP contribution in [0.15, 0.2) is 0 Å². The number of carbonyl (C=O) groups is 2. The van der Waals surface area contributed by atoms with Gasteiger partial charge in [-0.15, -0.1) is 0 Å². The van der Waals surface area contributed by atoms with Crippen LogP contribution in [0.25, 0.3) is 0 Å². The molecule has 0 saturated heterocycles. The topological polar surface area (TPSA) is 75.6 Å². The second-order valence-electron chi connectivity index (χ2n) is 4.96. The SMILES string of the molecule is CC(C)OCCC(=O)NCCC(C)(C)C(=O)O. The van der Waals surface area contributed by atoms with Gasteiger partial charge in [-0.2, -0.15) is 0 Å². The third kappa shape index (κ3) is 7.74. The Kier molecular flexibility index (Phi) is 6.80. The molecule has 0 rings (SSSR count). The van der Waals surface area contributed by atoms with Crippen molar-refractivity contribution in [1.29, 1.82) is 0 Å². The van der Waals surface area contributed by atoms with E-state index >= 15 is 0 Å². The molecule has 0 radical (unpaired) electrons. The number of nitrogens with one attached hydrogen (secondary N) is 1. The molecule has 17 heavy (non-hydrogen) atoms. The Morgan fingerprint density at radius 3 is 2.41 bits per heavy atom. The van der Waals surface area contributed by atoms with Crippen molar-refractivity contribution in [1.82, 2.24) is 5.32 Å². The molecule has 0 atom stereocenters. The van der Waals surface area contributed by atoms with Crippen LogP contribution in [-0.4, -0.2) is 36.2 Å². The van der Waals surface area contributed by atoms with Gasteiger partial charge in [0.25, 0.3) is 0 Å². The average molecular weight is 245 g/mol. The zero-order valence-electron chi connectivity index (χ0n) is 11.1. The van der Waals surface area contributed by atoms with Crippen molar-refractivity contribution in [2.45, 2.75) is 46.6 Å². The molecule has 0 aromatic carbocycles. The molecule has 0 aromatic rings. The molecule has 0 spiro atoms. The lowest BCUT2D eigenvalue weighted by molar-refractivity contribution is -0.147. The molecule has 0 aliphatic rings. The third-order valence-corrected chi connectivity index (χ3v) is 2.43.